The van der Waals surface area contributed by atoms with Crippen LogP contribution in [0.4, 0.5) is 0 Å². The van der Waals surface area contributed by atoms with E-state index in [1.807, 2.05) is 19.2 Å². The zero-order valence-corrected chi connectivity index (χ0v) is 21.7. The number of benzene rings is 2. The van der Waals surface area contributed by atoms with Crippen molar-refractivity contribution < 1.29 is 26.0 Å². The van der Waals surface area contributed by atoms with Crippen LogP contribution in [-0.4, -0.2) is 17.4 Å². The fourth-order valence-electron chi connectivity index (χ4n) is 4.07. The van der Waals surface area contributed by atoms with Crippen molar-refractivity contribution in [2.45, 2.75) is 64.8 Å². The van der Waals surface area contributed by atoms with Crippen LogP contribution < -0.4 is 0 Å². The van der Waals surface area contributed by atoms with E-state index in [0.717, 1.165) is 23.1 Å². The van der Waals surface area contributed by atoms with Crippen LogP contribution in [0.25, 0.3) is 0 Å². The van der Waals surface area contributed by atoms with Crippen molar-refractivity contribution in [1.29, 1.82) is 0 Å². The second kappa shape index (κ2) is 11.7. The molecule has 156 valence electrons. The van der Waals surface area contributed by atoms with Crippen molar-refractivity contribution in [3.8, 4) is 5.75 Å². The predicted molar refractivity (Wildman–Crippen MR) is 122 cm³/mol. The van der Waals surface area contributed by atoms with E-state index in [1.54, 1.807) is 0 Å². The molecule has 0 amide bonds. The Kier molecular flexibility index (Phi) is 9.92. The summed E-state index contributed by atoms with van der Waals surface area (Å²) in [6.07, 6.45) is 6.92. The number of hydrogen-bond donors (Lipinski definition) is 1. The van der Waals surface area contributed by atoms with Gasteiger partial charge in [-0.2, -0.15) is 0 Å². The van der Waals surface area contributed by atoms with Gasteiger partial charge in [0.2, 0.25) is 0 Å². The first-order valence-corrected chi connectivity index (χ1v) is 16.5. The van der Waals surface area contributed by atoms with E-state index in [9.17, 15) is 5.11 Å². The van der Waals surface area contributed by atoms with E-state index in [1.165, 1.54) is 24.8 Å². The molecule has 1 fully saturated rings. The van der Waals surface area contributed by atoms with E-state index < -0.39 is 20.8 Å². The van der Waals surface area contributed by atoms with E-state index in [4.69, 9.17) is 22.0 Å². The minimum atomic E-state index is -0.826. The van der Waals surface area contributed by atoms with Crippen LogP contribution in [0.1, 0.15) is 68.7 Å². The molecule has 3 rings (SSSR count). The van der Waals surface area contributed by atoms with E-state index in [-0.39, 0.29) is 5.41 Å². The molecule has 0 aliphatic heterocycles. The van der Waals surface area contributed by atoms with Gasteiger partial charge in [-0.1, -0.05) is 76.1 Å². The summed E-state index contributed by atoms with van der Waals surface area (Å²) < 4.78 is 0. The Morgan fingerprint density at radius 2 is 1.69 bits per heavy atom. The molecule has 29 heavy (non-hydrogen) atoms. The van der Waals surface area contributed by atoms with Crippen molar-refractivity contribution in [2.24, 2.45) is 10.9 Å². The molecule has 0 bridgehead atoms. The zero-order valence-electron chi connectivity index (χ0n) is 17.8. The van der Waals surface area contributed by atoms with Crippen molar-refractivity contribution in [3.05, 3.63) is 64.7 Å². The maximum atomic E-state index is 11.1. The molecule has 1 saturated carbocycles. The second-order valence-corrected chi connectivity index (χ2v) is 12.1. The van der Waals surface area contributed by atoms with Crippen LogP contribution in [-0.2, 0) is 26.3 Å². The van der Waals surface area contributed by atoms with Gasteiger partial charge in [0, 0.05) is 22.8 Å². The number of phenolic OH excluding ortho intramolecular Hbond substituents is 1. The molecule has 0 radical (unpaired) electrons. The molecular weight excluding hydrogens is 480 g/mol. The summed E-state index contributed by atoms with van der Waals surface area (Å²) in [7, 11) is 9.87. The number of hydrogen-bond acceptors (Lipinski definition) is 2. The third-order valence-electron chi connectivity index (χ3n) is 6.07. The van der Waals surface area contributed by atoms with Crippen LogP contribution in [0.15, 0.2) is 47.5 Å². The molecule has 0 heterocycles. The fraction of sp³-hybridized carbons (Fsp3) is 0.458. The molecule has 2 aromatic rings. The summed E-state index contributed by atoms with van der Waals surface area (Å²) in [6, 6.07) is 14.9. The quantitative estimate of drug-likeness (QED) is 0.426. The summed E-state index contributed by atoms with van der Waals surface area (Å²) in [5.74, 6) is 0.998. The molecule has 1 N–H and O–H groups in total. The first kappa shape index (κ1) is 24.6. The first-order chi connectivity index (χ1) is 13.8. The van der Waals surface area contributed by atoms with Gasteiger partial charge >= 0.3 is 37.9 Å². The Morgan fingerprint density at radius 3 is 2.31 bits per heavy atom. The van der Waals surface area contributed by atoms with Crippen molar-refractivity contribution in [2.75, 3.05) is 0 Å². The number of halogens is 2. The first-order valence-electron chi connectivity index (χ1n) is 10.2. The average Bonchev–Trinajstić information content (AvgIpc) is 2.70. The number of aromatic hydroxyl groups is 1. The van der Waals surface area contributed by atoms with Gasteiger partial charge in [0.25, 0.3) is 0 Å². The van der Waals surface area contributed by atoms with Gasteiger partial charge in [-0.3, -0.25) is 4.99 Å². The molecular formula is C24H31Cl2NOZr. The predicted octanol–water partition coefficient (Wildman–Crippen LogP) is 7.40. The number of rotatable bonds is 4. The van der Waals surface area contributed by atoms with Crippen molar-refractivity contribution in [3.63, 3.8) is 0 Å². The standard InChI is InChI=1S/C24H31NO.2ClH.Zr/c1-17-14-15-21(24(3,4)19-11-6-5-7-12-19)23(26)20(17)16-25-22-13-9-8-10-18(22)2;;;/h5-7,11-12,14-16,18,22,26H,8-10,13H2,1-4H3;2*1H;/q;;;+2/p-2. The summed E-state index contributed by atoms with van der Waals surface area (Å²) in [4.78, 5) is 4.87. The third-order valence-corrected chi connectivity index (χ3v) is 6.07. The maximum absolute atomic E-state index is 11.1. The topological polar surface area (TPSA) is 32.6 Å². The molecule has 5 heteroatoms. The molecule has 0 spiro atoms. The Balaban J connectivity index is 0.000000941. The Morgan fingerprint density at radius 1 is 1.07 bits per heavy atom. The molecule has 2 atom stereocenters. The zero-order chi connectivity index (χ0) is 21.4. The van der Waals surface area contributed by atoms with E-state index >= 15 is 0 Å². The third kappa shape index (κ3) is 6.42. The number of aryl methyl sites for hydroxylation is 1. The Bertz CT molecular complexity index is 808. The minimum absolute atomic E-state index is 0.264. The molecule has 2 nitrogen and oxygen atoms in total. The van der Waals surface area contributed by atoms with Gasteiger partial charge in [0.15, 0.2) is 0 Å². The molecule has 2 aromatic carbocycles. The van der Waals surface area contributed by atoms with Gasteiger partial charge in [-0.05, 0) is 36.8 Å². The molecule has 0 aromatic heterocycles. The second-order valence-electron chi connectivity index (χ2n) is 8.36. The van der Waals surface area contributed by atoms with Crippen LogP contribution in [0.5, 0.6) is 5.75 Å². The van der Waals surface area contributed by atoms with Crippen molar-refractivity contribution >= 4 is 23.2 Å². The SMILES string of the molecule is Cc1ccc(C(C)(C)c2ccccc2)c(O)c1C=NC1CCCCC1C.[Cl][Zr][Cl]. The Hall–Kier alpha value is -0.627. The summed E-state index contributed by atoms with van der Waals surface area (Å²) in [5.41, 5.74) is 3.82. The number of phenols is 1. The monoisotopic (exact) mass is 509 g/mol. The number of nitrogens with zero attached hydrogens (tertiary/aromatic N) is 1. The Labute approximate surface area is 194 Å². The van der Waals surface area contributed by atoms with Gasteiger partial charge in [0.05, 0.1) is 6.04 Å². The van der Waals surface area contributed by atoms with Crippen LogP contribution >= 0.6 is 17.0 Å². The fourth-order valence-corrected chi connectivity index (χ4v) is 4.07. The van der Waals surface area contributed by atoms with Gasteiger partial charge < -0.3 is 5.11 Å². The van der Waals surface area contributed by atoms with Crippen molar-refractivity contribution in [1.82, 2.24) is 0 Å². The summed E-state index contributed by atoms with van der Waals surface area (Å²) in [6.45, 7) is 8.67. The van der Waals surface area contributed by atoms with Crippen LogP contribution in [0.2, 0.25) is 0 Å². The summed E-state index contributed by atoms with van der Waals surface area (Å²) in [5, 5.41) is 11.1. The molecule has 1 aliphatic carbocycles. The number of aliphatic imine (C=N–C) groups is 1. The summed E-state index contributed by atoms with van der Waals surface area (Å²) >= 11 is -0.826. The van der Waals surface area contributed by atoms with Crippen LogP contribution in [0, 0.1) is 12.8 Å². The van der Waals surface area contributed by atoms with Gasteiger partial charge in [-0.15, -0.1) is 0 Å². The molecule has 1 aliphatic rings. The normalized spacial score (nSPS) is 19.5. The molecule has 2 unspecified atom stereocenters. The van der Waals surface area contributed by atoms with Gasteiger partial charge in [0.1, 0.15) is 5.75 Å². The average molecular weight is 512 g/mol. The van der Waals surface area contributed by atoms with E-state index in [0.29, 0.717) is 17.7 Å². The van der Waals surface area contributed by atoms with E-state index in [2.05, 4.69) is 57.2 Å². The van der Waals surface area contributed by atoms with Gasteiger partial charge in [-0.25, -0.2) is 0 Å². The van der Waals surface area contributed by atoms with Crippen LogP contribution in [0.3, 0.4) is 0 Å². The molecule has 0 saturated heterocycles.